The van der Waals surface area contributed by atoms with Crippen LogP contribution in [-0.4, -0.2) is 9.55 Å². The van der Waals surface area contributed by atoms with Crippen molar-refractivity contribution in [2.75, 3.05) is 5.32 Å². The smallest absolute Gasteiger partial charge is 0.379 e. The van der Waals surface area contributed by atoms with E-state index in [1.807, 2.05) is 11.5 Å². The lowest BCUT2D eigenvalue weighted by atomic mass is 10.1. The molecule has 3 nitrogen and oxygen atoms in total. The van der Waals surface area contributed by atoms with Gasteiger partial charge in [0.15, 0.2) is 0 Å². The van der Waals surface area contributed by atoms with Crippen LogP contribution < -0.4 is 5.32 Å². The molecule has 1 aromatic carbocycles. The zero-order valence-electron chi connectivity index (χ0n) is 11.4. The molecule has 0 saturated heterocycles. The zero-order valence-corrected chi connectivity index (χ0v) is 13.0. The first-order valence-electron chi connectivity index (χ1n) is 6.51. The van der Waals surface area contributed by atoms with Crippen molar-refractivity contribution in [3.8, 4) is 0 Å². The topological polar surface area (TPSA) is 29.9 Å². The summed E-state index contributed by atoms with van der Waals surface area (Å²) in [4.78, 5) is 4.03. The standard InChI is InChI=1S/C14H15BrF3N3/c1-2-5-21-9-19-7-11(21)8-20-13-4-3-10(15)6-12(13)14(16,17)18/h3-4,6-7,9,20H,2,5,8H2,1H3. The first-order chi connectivity index (χ1) is 9.91. The van der Waals surface area contributed by atoms with Crippen LogP contribution in [0.4, 0.5) is 18.9 Å². The minimum absolute atomic E-state index is 0.0648. The van der Waals surface area contributed by atoms with Crippen LogP contribution in [0.5, 0.6) is 0 Å². The first-order valence-corrected chi connectivity index (χ1v) is 7.30. The minimum Gasteiger partial charge on any atom is -0.379 e. The van der Waals surface area contributed by atoms with Crippen molar-refractivity contribution in [3.63, 3.8) is 0 Å². The molecule has 0 unspecified atom stereocenters. The third-order valence-corrected chi connectivity index (χ3v) is 3.50. The largest absolute Gasteiger partial charge is 0.418 e. The number of aryl methyl sites for hydroxylation is 1. The molecule has 0 atom stereocenters. The first kappa shape index (κ1) is 15.9. The lowest BCUT2D eigenvalue weighted by Gasteiger charge is -2.15. The van der Waals surface area contributed by atoms with Gasteiger partial charge in [-0.15, -0.1) is 0 Å². The van der Waals surface area contributed by atoms with Gasteiger partial charge in [0, 0.05) is 22.9 Å². The van der Waals surface area contributed by atoms with Gasteiger partial charge in [-0.25, -0.2) is 4.98 Å². The summed E-state index contributed by atoms with van der Waals surface area (Å²) < 4.78 is 41.4. The van der Waals surface area contributed by atoms with Crippen molar-refractivity contribution >= 4 is 21.6 Å². The molecule has 0 saturated carbocycles. The third-order valence-electron chi connectivity index (χ3n) is 3.01. The number of nitrogens with zero attached hydrogens (tertiary/aromatic N) is 2. The molecule has 0 bridgehead atoms. The Labute approximate surface area is 129 Å². The molecule has 0 spiro atoms. The molecule has 0 fully saturated rings. The lowest BCUT2D eigenvalue weighted by molar-refractivity contribution is -0.137. The van der Waals surface area contributed by atoms with Crippen LogP contribution in [0.2, 0.25) is 0 Å². The molecule has 114 valence electrons. The molecular weight excluding hydrogens is 347 g/mol. The highest BCUT2D eigenvalue weighted by Gasteiger charge is 2.33. The third kappa shape index (κ3) is 4.00. The SMILES string of the molecule is CCCn1cncc1CNc1ccc(Br)cc1C(F)(F)F. The van der Waals surface area contributed by atoms with Gasteiger partial charge in [0.2, 0.25) is 0 Å². The molecule has 0 aliphatic heterocycles. The second-order valence-corrected chi connectivity index (χ2v) is 5.54. The maximum atomic E-state index is 13.0. The number of hydrogen-bond donors (Lipinski definition) is 1. The van der Waals surface area contributed by atoms with Crippen LogP contribution in [0, 0.1) is 0 Å². The van der Waals surface area contributed by atoms with Crippen LogP contribution in [0.1, 0.15) is 24.6 Å². The molecule has 0 aliphatic carbocycles. The number of nitrogens with one attached hydrogen (secondary N) is 1. The molecule has 1 heterocycles. The average molecular weight is 362 g/mol. The Kier molecular flexibility index (Phi) is 4.92. The van der Waals surface area contributed by atoms with Gasteiger partial charge in [-0.3, -0.25) is 0 Å². The van der Waals surface area contributed by atoms with Crippen LogP contribution in [0.25, 0.3) is 0 Å². The Morgan fingerprint density at radius 1 is 1.33 bits per heavy atom. The summed E-state index contributed by atoms with van der Waals surface area (Å²) in [5.41, 5.74) is 0.237. The van der Waals surface area contributed by atoms with Crippen LogP contribution in [0.3, 0.4) is 0 Å². The number of anilines is 1. The predicted octanol–water partition coefficient (Wildman–Crippen LogP) is 4.69. The quantitative estimate of drug-likeness (QED) is 0.837. The minimum atomic E-state index is -4.39. The van der Waals surface area contributed by atoms with Crippen LogP contribution in [0.15, 0.2) is 35.2 Å². The van der Waals surface area contributed by atoms with Gasteiger partial charge in [0.25, 0.3) is 0 Å². The van der Waals surface area contributed by atoms with Gasteiger partial charge in [0.1, 0.15) is 0 Å². The highest BCUT2D eigenvalue weighted by atomic mass is 79.9. The van der Waals surface area contributed by atoms with E-state index in [0.717, 1.165) is 24.7 Å². The fourth-order valence-corrected chi connectivity index (χ4v) is 2.39. The Morgan fingerprint density at radius 2 is 2.10 bits per heavy atom. The van der Waals surface area contributed by atoms with Gasteiger partial charge in [-0.1, -0.05) is 22.9 Å². The van der Waals surface area contributed by atoms with Gasteiger partial charge in [0.05, 0.1) is 24.1 Å². The van der Waals surface area contributed by atoms with Gasteiger partial charge >= 0.3 is 6.18 Å². The van der Waals surface area contributed by atoms with E-state index in [2.05, 4.69) is 26.2 Å². The predicted molar refractivity (Wildman–Crippen MR) is 79.0 cm³/mol. The van der Waals surface area contributed by atoms with E-state index in [1.165, 1.54) is 6.07 Å². The number of halogens is 4. The summed E-state index contributed by atoms with van der Waals surface area (Å²) >= 11 is 3.07. The maximum Gasteiger partial charge on any atom is 0.418 e. The fraction of sp³-hybridized carbons (Fsp3) is 0.357. The Morgan fingerprint density at radius 3 is 2.76 bits per heavy atom. The van der Waals surface area contributed by atoms with E-state index >= 15 is 0 Å². The Bertz CT molecular complexity index is 608. The van der Waals surface area contributed by atoms with E-state index in [4.69, 9.17) is 0 Å². The number of rotatable bonds is 5. The van der Waals surface area contributed by atoms with Crippen molar-refractivity contribution in [1.29, 1.82) is 0 Å². The van der Waals surface area contributed by atoms with Crippen molar-refractivity contribution in [3.05, 3.63) is 46.5 Å². The molecule has 7 heteroatoms. The number of hydrogen-bond acceptors (Lipinski definition) is 2. The summed E-state index contributed by atoms with van der Waals surface area (Å²) in [6, 6.07) is 4.08. The summed E-state index contributed by atoms with van der Waals surface area (Å²) in [6.45, 7) is 3.13. The van der Waals surface area contributed by atoms with E-state index in [-0.39, 0.29) is 5.69 Å². The summed E-state index contributed by atoms with van der Waals surface area (Å²) in [5.74, 6) is 0. The molecule has 2 rings (SSSR count). The number of benzene rings is 1. The van der Waals surface area contributed by atoms with E-state index in [0.29, 0.717) is 11.0 Å². The van der Waals surface area contributed by atoms with E-state index in [9.17, 15) is 13.2 Å². The summed E-state index contributed by atoms with van der Waals surface area (Å²) in [7, 11) is 0. The maximum absolute atomic E-state index is 13.0. The molecule has 2 aromatic rings. The van der Waals surface area contributed by atoms with Crippen molar-refractivity contribution in [1.82, 2.24) is 9.55 Å². The molecule has 0 radical (unpaired) electrons. The normalized spacial score (nSPS) is 11.7. The zero-order chi connectivity index (χ0) is 15.5. The summed E-state index contributed by atoms with van der Waals surface area (Å²) in [6.07, 6.45) is -0.104. The summed E-state index contributed by atoms with van der Waals surface area (Å²) in [5, 5.41) is 2.85. The molecule has 1 N–H and O–H groups in total. The second-order valence-electron chi connectivity index (χ2n) is 4.62. The number of aromatic nitrogens is 2. The second kappa shape index (κ2) is 6.51. The van der Waals surface area contributed by atoms with Crippen LogP contribution in [-0.2, 0) is 19.3 Å². The van der Waals surface area contributed by atoms with Crippen molar-refractivity contribution in [2.45, 2.75) is 32.6 Å². The average Bonchev–Trinajstić information content (AvgIpc) is 2.84. The molecule has 21 heavy (non-hydrogen) atoms. The number of imidazole rings is 1. The van der Waals surface area contributed by atoms with E-state index < -0.39 is 11.7 Å². The van der Waals surface area contributed by atoms with Gasteiger partial charge in [-0.05, 0) is 24.6 Å². The highest BCUT2D eigenvalue weighted by Crippen LogP contribution is 2.36. The molecule has 1 aromatic heterocycles. The molecular formula is C14H15BrF3N3. The van der Waals surface area contributed by atoms with Crippen molar-refractivity contribution in [2.24, 2.45) is 0 Å². The highest BCUT2D eigenvalue weighted by molar-refractivity contribution is 9.10. The fourth-order valence-electron chi connectivity index (χ4n) is 2.03. The number of alkyl halides is 3. The van der Waals surface area contributed by atoms with E-state index in [1.54, 1.807) is 18.6 Å². The van der Waals surface area contributed by atoms with Gasteiger partial charge < -0.3 is 9.88 Å². The Balaban J connectivity index is 2.18. The molecule has 0 aliphatic rings. The van der Waals surface area contributed by atoms with Gasteiger partial charge in [-0.2, -0.15) is 13.2 Å². The monoisotopic (exact) mass is 361 g/mol. The molecule has 0 amide bonds. The van der Waals surface area contributed by atoms with Crippen molar-refractivity contribution < 1.29 is 13.2 Å². The van der Waals surface area contributed by atoms with Crippen LogP contribution >= 0.6 is 15.9 Å². The lowest BCUT2D eigenvalue weighted by Crippen LogP contribution is -2.12. The Hall–Kier alpha value is -1.50.